The van der Waals surface area contributed by atoms with Crippen molar-refractivity contribution in [2.75, 3.05) is 59.5 Å². The number of hydrogen-bond acceptors (Lipinski definition) is 4. The average molecular weight is 201 g/mol. The lowest BCUT2D eigenvalue weighted by molar-refractivity contribution is 0.197. The molecule has 1 heterocycles. The standard InChI is InChI=1S/C10H23N3O/c1-11-3-6-12-4-2-5-13(8-7-12)9-10-14/h11,14H,2-10H2,1H3. The fourth-order valence-corrected chi connectivity index (χ4v) is 1.88. The maximum absolute atomic E-state index is 8.85. The minimum Gasteiger partial charge on any atom is -0.395 e. The summed E-state index contributed by atoms with van der Waals surface area (Å²) in [5.74, 6) is 0. The molecule has 0 saturated carbocycles. The molecule has 14 heavy (non-hydrogen) atoms. The van der Waals surface area contributed by atoms with Gasteiger partial charge in [-0.2, -0.15) is 0 Å². The largest absolute Gasteiger partial charge is 0.395 e. The van der Waals surface area contributed by atoms with Gasteiger partial charge < -0.3 is 15.3 Å². The average Bonchev–Trinajstić information content (AvgIpc) is 2.41. The summed E-state index contributed by atoms with van der Waals surface area (Å²) in [5, 5.41) is 12.0. The highest BCUT2D eigenvalue weighted by Crippen LogP contribution is 2.01. The second-order valence-corrected chi connectivity index (χ2v) is 3.86. The van der Waals surface area contributed by atoms with Crippen LogP contribution in [0, 0.1) is 0 Å². The number of aliphatic hydroxyl groups excluding tert-OH is 1. The van der Waals surface area contributed by atoms with Crippen molar-refractivity contribution >= 4 is 0 Å². The Hall–Kier alpha value is -0.160. The summed E-state index contributed by atoms with van der Waals surface area (Å²) in [5.41, 5.74) is 0. The summed E-state index contributed by atoms with van der Waals surface area (Å²) in [4.78, 5) is 4.84. The first-order valence-electron chi connectivity index (χ1n) is 5.57. The third kappa shape index (κ3) is 4.37. The molecule has 1 fully saturated rings. The molecule has 4 heteroatoms. The Morgan fingerprint density at radius 1 is 1.07 bits per heavy atom. The van der Waals surface area contributed by atoms with Gasteiger partial charge in [0.15, 0.2) is 0 Å². The summed E-state index contributed by atoms with van der Waals surface area (Å²) in [6.45, 7) is 7.91. The van der Waals surface area contributed by atoms with Crippen LogP contribution in [0.3, 0.4) is 0 Å². The van der Waals surface area contributed by atoms with Crippen LogP contribution in [0.4, 0.5) is 0 Å². The van der Waals surface area contributed by atoms with E-state index < -0.39 is 0 Å². The molecule has 0 spiro atoms. The Morgan fingerprint density at radius 3 is 2.29 bits per heavy atom. The van der Waals surface area contributed by atoms with E-state index in [9.17, 15) is 0 Å². The van der Waals surface area contributed by atoms with Crippen molar-refractivity contribution in [3.05, 3.63) is 0 Å². The van der Waals surface area contributed by atoms with Gasteiger partial charge >= 0.3 is 0 Å². The van der Waals surface area contributed by atoms with Gasteiger partial charge in [0.25, 0.3) is 0 Å². The lowest BCUT2D eigenvalue weighted by atomic mass is 10.4. The number of rotatable bonds is 5. The summed E-state index contributed by atoms with van der Waals surface area (Å²) in [7, 11) is 2.00. The van der Waals surface area contributed by atoms with Crippen LogP contribution in [0.15, 0.2) is 0 Å². The van der Waals surface area contributed by atoms with Crippen molar-refractivity contribution < 1.29 is 5.11 Å². The monoisotopic (exact) mass is 201 g/mol. The van der Waals surface area contributed by atoms with Crippen molar-refractivity contribution in [1.29, 1.82) is 0 Å². The van der Waals surface area contributed by atoms with E-state index in [2.05, 4.69) is 15.1 Å². The maximum Gasteiger partial charge on any atom is 0.0558 e. The molecule has 0 atom stereocenters. The molecule has 0 radical (unpaired) electrons. The smallest absolute Gasteiger partial charge is 0.0558 e. The SMILES string of the molecule is CNCCN1CCCN(CCO)CC1. The number of hydrogen-bond donors (Lipinski definition) is 2. The van der Waals surface area contributed by atoms with Crippen molar-refractivity contribution in [3.63, 3.8) is 0 Å². The molecule has 0 aromatic rings. The Kier molecular flexibility index (Phi) is 6.10. The summed E-state index contributed by atoms with van der Waals surface area (Å²) >= 11 is 0. The van der Waals surface area contributed by atoms with E-state index in [1.807, 2.05) is 7.05 Å². The number of nitrogens with one attached hydrogen (secondary N) is 1. The number of nitrogens with zero attached hydrogens (tertiary/aromatic N) is 2. The Bertz CT molecular complexity index is 143. The summed E-state index contributed by atoms with van der Waals surface area (Å²) in [6, 6.07) is 0. The van der Waals surface area contributed by atoms with E-state index in [0.717, 1.165) is 39.3 Å². The first-order valence-corrected chi connectivity index (χ1v) is 5.57. The van der Waals surface area contributed by atoms with Crippen LogP contribution in [-0.2, 0) is 0 Å². The van der Waals surface area contributed by atoms with Crippen molar-refractivity contribution in [3.8, 4) is 0 Å². The zero-order valence-corrected chi connectivity index (χ0v) is 9.21. The van der Waals surface area contributed by atoms with E-state index >= 15 is 0 Å². The molecule has 1 aliphatic heterocycles. The first kappa shape index (κ1) is 11.9. The Morgan fingerprint density at radius 2 is 1.71 bits per heavy atom. The second-order valence-electron chi connectivity index (χ2n) is 3.86. The normalized spacial score (nSPS) is 21.0. The lowest BCUT2D eigenvalue weighted by Crippen LogP contribution is -2.35. The predicted octanol–water partition coefficient (Wildman–Crippen LogP) is -0.794. The van der Waals surface area contributed by atoms with Crippen molar-refractivity contribution in [2.24, 2.45) is 0 Å². The summed E-state index contributed by atoms with van der Waals surface area (Å²) in [6.07, 6.45) is 1.23. The molecule has 0 amide bonds. The van der Waals surface area contributed by atoms with E-state index in [1.165, 1.54) is 13.0 Å². The highest BCUT2D eigenvalue weighted by Gasteiger charge is 2.13. The lowest BCUT2D eigenvalue weighted by Gasteiger charge is -2.20. The van der Waals surface area contributed by atoms with Crippen LogP contribution in [0.25, 0.3) is 0 Å². The Labute approximate surface area is 86.9 Å². The van der Waals surface area contributed by atoms with Crippen LogP contribution >= 0.6 is 0 Å². The molecule has 0 bridgehead atoms. The van der Waals surface area contributed by atoms with E-state index in [4.69, 9.17) is 5.11 Å². The predicted molar refractivity (Wildman–Crippen MR) is 58.5 cm³/mol. The summed E-state index contributed by atoms with van der Waals surface area (Å²) < 4.78 is 0. The highest BCUT2D eigenvalue weighted by molar-refractivity contribution is 4.69. The van der Waals surface area contributed by atoms with Crippen LogP contribution in [0.1, 0.15) is 6.42 Å². The molecule has 0 aromatic carbocycles. The van der Waals surface area contributed by atoms with Gasteiger partial charge in [0, 0.05) is 32.7 Å². The molecular weight excluding hydrogens is 178 g/mol. The number of aliphatic hydroxyl groups is 1. The number of β-amino-alcohol motifs (C(OH)–C–C–N with tert-alkyl or cyclic N) is 1. The van der Waals surface area contributed by atoms with Crippen LogP contribution < -0.4 is 5.32 Å². The third-order valence-electron chi connectivity index (χ3n) is 2.78. The molecule has 84 valence electrons. The zero-order valence-electron chi connectivity index (χ0n) is 9.21. The molecule has 1 rings (SSSR count). The highest BCUT2D eigenvalue weighted by atomic mass is 16.3. The van der Waals surface area contributed by atoms with Crippen LogP contribution in [0.2, 0.25) is 0 Å². The van der Waals surface area contributed by atoms with Crippen LogP contribution in [-0.4, -0.2) is 74.4 Å². The fourth-order valence-electron chi connectivity index (χ4n) is 1.88. The van der Waals surface area contributed by atoms with Crippen LogP contribution in [0.5, 0.6) is 0 Å². The first-order chi connectivity index (χ1) is 6.86. The topological polar surface area (TPSA) is 38.7 Å². The zero-order chi connectivity index (χ0) is 10.2. The third-order valence-corrected chi connectivity index (χ3v) is 2.78. The molecule has 1 saturated heterocycles. The van der Waals surface area contributed by atoms with Gasteiger partial charge in [-0.25, -0.2) is 0 Å². The molecular formula is C10H23N3O. The van der Waals surface area contributed by atoms with Gasteiger partial charge in [-0.3, -0.25) is 4.90 Å². The molecule has 0 unspecified atom stereocenters. The van der Waals surface area contributed by atoms with Crippen molar-refractivity contribution in [2.45, 2.75) is 6.42 Å². The van der Waals surface area contributed by atoms with Gasteiger partial charge in [0.05, 0.1) is 6.61 Å². The van der Waals surface area contributed by atoms with E-state index in [-0.39, 0.29) is 6.61 Å². The van der Waals surface area contributed by atoms with E-state index in [1.54, 1.807) is 0 Å². The molecule has 0 aromatic heterocycles. The number of likely N-dealkylation sites (N-methyl/N-ethyl adjacent to an activating group) is 1. The minimum absolute atomic E-state index is 0.288. The quantitative estimate of drug-likeness (QED) is 0.611. The fraction of sp³-hybridized carbons (Fsp3) is 1.00. The van der Waals surface area contributed by atoms with Gasteiger partial charge in [-0.05, 0) is 26.6 Å². The minimum atomic E-state index is 0.288. The second kappa shape index (κ2) is 7.17. The van der Waals surface area contributed by atoms with E-state index in [0.29, 0.717) is 0 Å². The molecule has 4 nitrogen and oxygen atoms in total. The van der Waals surface area contributed by atoms with Gasteiger partial charge in [-0.15, -0.1) is 0 Å². The molecule has 0 aliphatic carbocycles. The van der Waals surface area contributed by atoms with Crippen molar-refractivity contribution in [1.82, 2.24) is 15.1 Å². The maximum atomic E-state index is 8.85. The van der Waals surface area contributed by atoms with Gasteiger partial charge in [0.2, 0.25) is 0 Å². The molecule has 1 aliphatic rings. The molecule has 2 N–H and O–H groups in total. The Balaban J connectivity index is 2.19. The van der Waals surface area contributed by atoms with Gasteiger partial charge in [-0.1, -0.05) is 0 Å². The van der Waals surface area contributed by atoms with Gasteiger partial charge in [0.1, 0.15) is 0 Å².